The second kappa shape index (κ2) is 36.0. The molecule has 0 heterocycles. The van der Waals surface area contributed by atoms with Crippen molar-refractivity contribution in [2.75, 3.05) is 41.0 Å². The summed E-state index contributed by atoms with van der Waals surface area (Å²) in [6, 6.07) is -0.630. The molecule has 0 aromatic heterocycles. The topological polar surface area (TPSA) is 99.1 Å². The van der Waals surface area contributed by atoms with Gasteiger partial charge in [0.2, 0.25) is 0 Å². The fourth-order valence-electron chi connectivity index (χ4n) is 5.75. The fourth-order valence-corrected chi connectivity index (χ4v) is 5.75. The van der Waals surface area contributed by atoms with Crippen LogP contribution in [0.15, 0.2) is 60.8 Å². The van der Waals surface area contributed by atoms with Crippen LogP contribution in [0.4, 0.5) is 0 Å². The summed E-state index contributed by atoms with van der Waals surface area (Å²) in [4.78, 5) is 36.8. The van der Waals surface area contributed by atoms with Gasteiger partial charge in [-0.1, -0.05) is 158 Å². The molecule has 8 nitrogen and oxygen atoms in total. The molecule has 0 saturated carbocycles. The molecule has 0 aliphatic carbocycles. The van der Waals surface area contributed by atoms with Crippen molar-refractivity contribution >= 4 is 17.9 Å². The average Bonchev–Trinajstić information content (AvgIpc) is 3.11. The highest BCUT2D eigenvalue weighted by Crippen LogP contribution is 2.14. The molecule has 1 N–H and O–H groups in total. The van der Waals surface area contributed by atoms with E-state index in [4.69, 9.17) is 14.2 Å². The zero-order chi connectivity index (χ0) is 39.3. The van der Waals surface area contributed by atoms with Crippen molar-refractivity contribution in [3.8, 4) is 0 Å². The van der Waals surface area contributed by atoms with Gasteiger partial charge in [-0.05, 0) is 38.5 Å². The van der Waals surface area contributed by atoms with Gasteiger partial charge in [-0.2, -0.15) is 0 Å². The number of nitrogens with zero attached hydrogens (tertiary/aromatic N) is 1. The Bertz CT molecular complexity index is 1050. The molecule has 2 unspecified atom stereocenters. The number of aliphatic carboxylic acids is 1. The smallest absolute Gasteiger partial charge is 0.362 e. The number of rotatable bonds is 36. The van der Waals surface area contributed by atoms with E-state index >= 15 is 0 Å². The summed E-state index contributed by atoms with van der Waals surface area (Å²) in [5, 5.41) is 9.60. The largest absolute Gasteiger partial charge is 0.477 e. The van der Waals surface area contributed by atoms with E-state index < -0.39 is 24.1 Å². The molecule has 0 radical (unpaired) electrons. The Morgan fingerprint density at radius 3 is 1.49 bits per heavy atom. The lowest BCUT2D eigenvalue weighted by atomic mass is 10.0. The van der Waals surface area contributed by atoms with Gasteiger partial charge in [0.25, 0.3) is 0 Å². The van der Waals surface area contributed by atoms with E-state index in [2.05, 4.69) is 62.5 Å². The number of carbonyl (C=O) groups excluding carboxylic acids is 2. The number of likely N-dealkylation sites (N-methyl/N-ethyl adjacent to an activating group) is 1. The Kier molecular flexibility index (Phi) is 34.0. The minimum Gasteiger partial charge on any atom is -0.477 e. The van der Waals surface area contributed by atoms with Crippen LogP contribution in [0.3, 0.4) is 0 Å². The molecule has 2 atom stereocenters. The van der Waals surface area contributed by atoms with E-state index in [1.165, 1.54) is 70.6 Å². The number of hydrogen-bond donors (Lipinski definition) is 1. The Balaban J connectivity index is 4.52. The minimum absolute atomic E-state index is 0.0209. The molecule has 0 spiro atoms. The van der Waals surface area contributed by atoms with Crippen LogP contribution in [0.5, 0.6) is 0 Å². The van der Waals surface area contributed by atoms with Crippen molar-refractivity contribution in [3.63, 3.8) is 0 Å². The maximum atomic E-state index is 12.6. The van der Waals surface area contributed by atoms with Crippen molar-refractivity contribution in [2.45, 2.75) is 167 Å². The summed E-state index contributed by atoms with van der Waals surface area (Å²) in [7, 11) is 5.49. The van der Waals surface area contributed by atoms with E-state index in [1.807, 2.05) is 27.2 Å². The molecule has 0 saturated heterocycles. The van der Waals surface area contributed by atoms with Crippen LogP contribution in [0.2, 0.25) is 0 Å². The zero-order valence-electron chi connectivity index (χ0n) is 34.4. The molecule has 0 rings (SSSR count). The molecule has 0 aromatic rings. The quantitative estimate of drug-likeness (QED) is 0.0295. The van der Waals surface area contributed by atoms with Gasteiger partial charge < -0.3 is 23.8 Å². The van der Waals surface area contributed by atoms with Gasteiger partial charge in [-0.3, -0.25) is 9.59 Å². The van der Waals surface area contributed by atoms with Crippen LogP contribution in [-0.4, -0.2) is 80.6 Å². The predicted molar refractivity (Wildman–Crippen MR) is 220 cm³/mol. The number of unbranched alkanes of at least 4 members (excludes halogenated alkanes) is 13. The Labute approximate surface area is 324 Å². The Hall–Kier alpha value is -2.97. The van der Waals surface area contributed by atoms with E-state index in [0.717, 1.165) is 44.9 Å². The number of hydrogen-bond acceptors (Lipinski definition) is 6. The van der Waals surface area contributed by atoms with Crippen molar-refractivity contribution in [2.24, 2.45) is 0 Å². The Morgan fingerprint density at radius 1 is 0.585 bits per heavy atom. The normalized spacial score (nSPS) is 13.6. The molecule has 53 heavy (non-hydrogen) atoms. The molecule has 0 aliphatic heterocycles. The van der Waals surface area contributed by atoms with Crippen LogP contribution < -0.4 is 0 Å². The van der Waals surface area contributed by atoms with Crippen LogP contribution in [0, 0.1) is 0 Å². The SMILES string of the molecule is CC/C=C\C/C=C\C/C=C\C/C=C\C/C=C\CC(=O)OC(COCCC(C(=O)O)[N+](C)(C)C)COC(=O)CCCCCCCCCCCCCCCC. The first-order chi connectivity index (χ1) is 25.6. The minimum atomic E-state index is -0.890. The first-order valence-corrected chi connectivity index (χ1v) is 20.8. The summed E-state index contributed by atoms with van der Waals surface area (Å²) in [5.41, 5.74) is 0. The molecule has 0 fully saturated rings. The number of allylic oxidation sites excluding steroid dienone is 9. The summed E-state index contributed by atoms with van der Waals surface area (Å²) in [5.74, 6) is -1.63. The molecule has 0 bridgehead atoms. The zero-order valence-corrected chi connectivity index (χ0v) is 34.4. The number of ether oxygens (including phenoxy) is 3. The summed E-state index contributed by atoms with van der Waals surface area (Å²) in [6.07, 6.45) is 42.9. The molecule has 8 heteroatoms. The summed E-state index contributed by atoms with van der Waals surface area (Å²) < 4.78 is 17.1. The third-order valence-electron chi connectivity index (χ3n) is 8.96. The second-order valence-corrected chi connectivity index (χ2v) is 14.9. The molecule has 0 aliphatic rings. The fraction of sp³-hybridized carbons (Fsp3) is 0.711. The number of carbonyl (C=O) groups is 3. The third-order valence-corrected chi connectivity index (χ3v) is 8.96. The van der Waals surface area contributed by atoms with Gasteiger partial charge in [0.15, 0.2) is 12.1 Å². The van der Waals surface area contributed by atoms with Crippen LogP contribution in [-0.2, 0) is 28.6 Å². The maximum absolute atomic E-state index is 12.6. The van der Waals surface area contributed by atoms with Crippen molar-refractivity contribution in [1.29, 1.82) is 0 Å². The van der Waals surface area contributed by atoms with Crippen molar-refractivity contribution < 1.29 is 38.2 Å². The van der Waals surface area contributed by atoms with Crippen LogP contribution in [0.25, 0.3) is 0 Å². The van der Waals surface area contributed by atoms with E-state index in [0.29, 0.717) is 19.3 Å². The lowest BCUT2D eigenvalue weighted by Crippen LogP contribution is -2.50. The monoisotopic (exact) mass is 745 g/mol. The van der Waals surface area contributed by atoms with Crippen LogP contribution in [0.1, 0.15) is 155 Å². The highest BCUT2D eigenvalue weighted by atomic mass is 16.6. The van der Waals surface area contributed by atoms with Gasteiger partial charge in [-0.15, -0.1) is 0 Å². The standard InChI is InChI=1S/C45H77NO7/c1-6-8-10-12-14-16-18-20-22-24-26-28-30-32-34-36-44(48)53-41(39-51-38-37-42(45(49)50)46(3,4)5)40-52-43(47)35-33-31-29-27-25-23-21-19-17-15-13-11-9-7-2/h8,10,14,16,20,22,26,28,32,34,41-42H,6-7,9,11-13,15,17-19,21,23-25,27,29-31,33,35-40H2,1-5H3/p+1/b10-8-,16-14-,22-20-,28-26-,34-32-. The van der Waals surface area contributed by atoms with Gasteiger partial charge in [0.05, 0.1) is 40.8 Å². The molecule has 304 valence electrons. The second-order valence-electron chi connectivity index (χ2n) is 14.9. The van der Waals surface area contributed by atoms with E-state index in [-0.39, 0.29) is 36.7 Å². The molecular weight excluding hydrogens is 666 g/mol. The lowest BCUT2D eigenvalue weighted by molar-refractivity contribution is -0.887. The summed E-state index contributed by atoms with van der Waals surface area (Å²) >= 11 is 0. The van der Waals surface area contributed by atoms with Crippen LogP contribution >= 0.6 is 0 Å². The predicted octanol–water partition coefficient (Wildman–Crippen LogP) is 11.0. The van der Waals surface area contributed by atoms with E-state index in [9.17, 15) is 19.5 Å². The lowest BCUT2D eigenvalue weighted by Gasteiger charge is -2.31. The van der Waals surface area contributed by atoms with Gasteiger partial charge >= 0.3 is 17.9 Å². The number of esters is 2. The molecule has 0 amide bonds. The summed E-state index contributed by atoms with van der Waals surface area (Å²) in [6.45, 7) is 4.50. The van der Waals surface area contributed by atoms with Crippen molar-refractivity contribution in [1.82, 2.24) is 0 Å². The number of quaternary nitrogens is 1. The van der Waals surface area contributed by atoms with Gasteiger partial charge in [-0.25, -0.2) is 4.79 Å². The first-order valence-electron chi connectivity index (χ1n) is 20.8. The number of carboxylic acid groups (broad SMARTS) is 1. The Morgan fingerprint density at radius 2 is 1.04 bits per heavy atom. The first kappa shape index (κ1) is 50.0. The third kappa shape index (κ3) is 34.5. The van der Waals surface area contributed by atoms with Crippen molar-refractivity contribution in [3.05, 3.63) is 60.8 Å². The molecule has 0 aromatic carbocycles. The van der Waals surface area contributed by atoms with Gasteiger partial charge in [0, 0.05) is 12.8 Å². The van der Waals surface area contributed by atoms with E-state index in [1.54, 1.807) is 6.08 Å². The molecular formula is C45H78NO7+. The maximum Gasteiger partial charge on any atom is 0.362 e. The number of carboxylic acids is 1. The highest BCUT2D eigenvalue weighted by molar-refractivity contribution is 5.72. The van der Waals surface area contributed by atoms with Gasteiger partial charge in [0.1, 0.15) is 6.61 Å². The average molecular weight is 745 g/mol. The highest BCUT2D eigenvalue weighted by Gasteiger charge is 2.31.